The van der Waals surface area contributed by atoms with Crippen molar-refractivity contribution in [1.82, 2.24) is 0 Å². The predicted molar refractivity (Wildman–Crippen MR) is 175 cm³/mol. The lowest BCUT2D eigenvalue weighted by atomic mass is 9.86. The Morgan fingerprint density at radius 3 is 1.71 bits per heavy atom. The van der Waals surface area contributed by atoms with Crippen molar-refractivity contribution < 1.29 is 26.7 Å². The largest absolute Gasteiger partial charge is 0.464 e. The lowest BCUT2D eigenvalue weighted by Gasteiger charge is -2.17. The zero-order chi connectivity index (χ0) is 38.9. The summed E-state index contributed by atoms with van der Waals surface area (Å²) in [6.07, 6.45) is 1.67. The lowest BCUT2D eigenvalue weighted by Crippen LogP contribution is -1.90. The Bertz CT molecular complexity index is 3070. The highest BCUT2D eigenvalue weighted by Gasteiger charge is 2.18. The van der Waals surface area contributed by atoms with Gasteiger partial charge >= 0.3 is 0 Å². The molecule has 2 aromatic heterocycles. The van der Waals surface area contributed by atoms with Gasteiger partial charge in [0.1, 0.15) is 16.7 Å². The van der Waals surface area contributed by atoms with Crippen molar-refractivity contribution in [2.75, 3.05) is 0 Å². The molecule has 7 aromatic carbocycles. The van der Waals surface area contributed by atoms with Crippen LogP contribution in [0.1, 0.15) is 17.8 Å². The van der Waals surface area contributed by atoms with Crippen molar-refractivity contribution in [2.24, 2.45) is 0 Å². The number of benzene rings is 7. The first-order valence-electron chi connectivity index (χ1n) is 19.7. The van der Waals surface area contributed by atoms with Crippen LogP contribution in [0.2, 0.25) is 0 Å². The first-order chi connectivity index (χ1) is 26.2. The molecule has 0 radical (unpaired) electrons. The first kappa shape index (κ1) is 13.8. The molecule has 0 aliphatic heterocycles. The highest BCUT2D eigenvalue weighted by molar-refractivity contribution is 6.22. The molecule has 0 spiro atoms. The van der Waals surface area contributed by atoms with Gasteiger partial charge in [0, 0.05) is 21.7 Å². The summed E-state index contributed by atoms with van der Waals surface area (Å²) in [5.74, 6) is 0. The molecule has 42 heavy (non-hydrogen) atoms. The van der Waals surface area contributed by atoms with E-state index in [0.717, 1.165) is 16.5 Å². The molecular formula is C40H24O2. The number of rotatable bonds is 3. The minimum atomic E-state index is -0.720. The second-order valence-corrected chi connectivity index (χ2v) is 9.92. The SMILES string of the molecule is [2H]c1c([2H])c([2H])c(-c2c3c([2H])c([2H])c([2H])c([2H])c3c(-c3ccc4oc5cc6c(-c7ccccc7)coc6cc5c4c3)c3c([2H])c([2H])c([2H])c([2H])c23)c([2H])c1[2H]. The molecule has 9 aromatic rings. The van der Waals surface area contributed by atoms with Crippen LogP contribution in [0.3, 0.4) is 0 Å². The van der Waals surface area contributed by atoms with E-state index in [4.69, 9.17) is 23.9 Å². The minimum Gasteiger partial charge on any atom is -0.464 e. The van der Waals surface area contributed by atoms with Crippen LogP contribution in [-0.4, -0.2) is 0 Å². The van der Waals surface area contributed by atoms with Crippen molar-refractivity contribution in [3.8, 4) is 33.4 Å². The maximum atomic E-state index is 9.21. The Labute approximate surface area is 260 Å². The zero-order valence-corrected chi connectivity index (χ0v) is 21.7. The smallest absolute Gasteiger partial charge is 0.136 e. The third kappa shape index (κ3) is 3.39. The minimum absolute atomic E-state index is 0.0433. The second kappa shape index (κ2) is 8.95. The topological polar surface area (TPSA) is 26.3 Å². The quantitative estimate of drug-likeness (QED) is 0.205. The van der Waals surface area contributed by atoms with Crippen molar-refractivity contribution >= 4 is 54.5 Å². The Kier molecular flexibility index (Phi) is 2.95. The molecule has 2 heteroatoms. The molecule has 0 unspecified atom stereocenters. The third-order valence-corrected chi connectivity index (χ3v) is 7.66. The van der Waals surface area contributed by atoms with Crippen LogP contribution < -0.4 is 0 Å². The van der Waals surface area contributed by atoms with E-state index < -0.39 is 84.1 Å². The van der Waals surface area contributed by atoms with Crippen LogP contribution >= 0.6 is 0 Å². The summed E-state index contributed by atoms with van der Waals surface area (Å²) in [6.45, 7) is 0. The van der Waals surface area contributed by atoms with Crippen LogP contribution in [0.25, 0.3) is 87.8 Å². The maximum absolute atomic E-state index is 9.21. The van der Waals surface area contributed by atoms with E-state index in [1.807, 2.05) is 42.5 Å². The number of hydrogen-bond donors (Lipinski definition) is 0. The van der Waals surface area contributed by atoms with Gasteiger partial charge in [-0.2, -0.15) is 0 Å². The number of hydrogen-bond acceptors (Lipinski definition) is 2. The molecule has 0 fully saturated rings. The lowest BCUT2D eigenvalue weighted by molar-refractivity contribution is 0.617. The van der Waals surface area contributed by atoms with E-state index in [9.17, 15) is 2.74 Å². The molecule has 0 aliphatic rings. The Morgan fingerprint density at radius 2 is 1.02 bits per heavy atom. The summed E-state index contributed by atoms with van der Waals surface area (Å²) < 4.78 is 126. The molecule has 0 saturated heterocycles. The molecule has 2 heterocycles. The van der Waals surface area contributed by atoms with Gasteiger partial charge in [-0.05, 0) is 73.6 Å². The van der Waals surface area contributed by atoms with Gasteiger partial charge in [-0.1, -0.05) is 115 Å². The molecule has 0 amide bonds. The van der Waals surface area contributed by atoms with Gasteiger partial charge in [0.05, 0.1) is 24.1 Å². The molecule has 9 rings (SSSR count). The van der Waals surface area contributed by atoms with E-state index in [2.05, 4.69) is 0 Å². The van der Waals surface area contributed by atoms with Gasteiger partial charge in [0.25, 0.3) is 0 Å². The number of furan rings is 2. The van der Waals surface area contributed by atoms with Crippen LogP contribution in [0.15, 0.2) is 154 Å². The summed E-state index contributed by atoms with van der Waals surface area (Å²) in [6, 6.07) is 10.00. The predicted octanol–water partition coefficient (Wildman–Crippen LogP) is 11.6. The molecule has 0 atom stereocenters. The van der Waals surface area contributed by atoms with E-state index in [-0.39, 0.29) is 32.7 Å². The number of fused-ring (bicyclic) bond motifs is 6. The zero-order valence-electron chi connectivity index (χ0n) is 34.7. The molecule has 0 N–H and O–H groups in total. The van der Waals surface area contributed by atoms with E-state index in [0.29, 0.717) is 33.1 Å². The van der Waals surface area contributed by atoms with Gasteiger partial charge in [-0.15, -0.1) is 0 Å². The fourth-order valence-electron chi connectivity index (χ4n) is 5.83. The Hall–Kier alpha value is -5.60. The molecule has 0 bridgehead atoms. The summed E-state index contributed by atoms with van der Waals surface area (Å²) in [4.78, 5) is 0. The summed E-state index contributed by atoms with van der Waals surface area (Å²) in [7, 11) is 0. The molecule has 0 aliphatic carbocycles. The highest BCUT2D eigenvalue weighted by atomic mass is 16.3. The fraction of sp³-hybridized carbons (Fsp3) is 0. The van der Waals surface area contributed by atoms with Crippen LogP contribution in [0, 0.1) is 0 Å². The normalized spacial score (nSPS) is 16.1. The molecule has 196 valence electrons. The van der Waals surface area contributed by atoms with Crippen LogP contribution in [0.4, 0.5) is 0 Å². The average Bonchev–Trinajstić information content (AvgIpc) is 3.77. The van der Waals surface area contributed by atoms with Gasteiger partial charge < -0.3 is 8.83 Å². The van der Waals surface area contributed by atoms with Gasteiger partial charge in [0.15, 0.2) is 0 Å². The van der Waals surface area contributed by atoms with Crippen molar-refractivity contribution in [1.29, 1.82) is 0 Å². The van der Waals surface area contributed by atoms with Crippen LogP contribution in [-0.2, 0) is 0 Å². The Balaban J connectivity index is 1.46. The molecule has 0 saturated carbocycles. The molecule has 2 nitrogen and oxygen atoms in total. The van der Waals surface area contributed by atoms with E-state index in [1.165, 1.54) is 0 Å². The van der Waals surface area contributed by atoms with Gasteiger partial charge in [-0.25, -0.2) is 0 Å². The van der Waals surface area contributed by atoms with Crippen molar-refractivity contribution in [2.45, 2.75) is 0 Å². The monoisotopic (exact) mass is 549 g/mol. The van der Waals surface area contributed by atoms with Gasteiger partial charge in [-0.3, -0.25) is 0 Å². The fourth-order valence-corrected chi connectivity index (χ4v) is 5.83. The standard InChI is InChI=1S/C40H24O2/c1-3-11-25(12-4-1)35-24-41-37-22-33-32-21-27(19-20-36(32)42-38(33)23-34(35)37)40-30-17-9-7-15-28(30)39(26-13-5-2-6-14-26)29-16-8-10-18-31(29)40/h1-24H/i2D,5D,6D,7D,8D,9D,10D,13D,14D,15D,16D,17D,18D. The third-order valence-electron chi connectivity index (χ3n) is 7.66. The molecular weight excluding hydrogens is 512 g/mol. The van der Waals surface area contributed by atoms with E-state index in [1.54, 1.807) is 24.5 Å². The Morgan fingerprint density at radius 1 is 0.429 bits per heavy atom. The van der Waals surface area contributed by atoms with E-state index >= 15 is 0 Å². The first-order valence-corrected chi connectivity index (χ1v) is 13.2. The summed E-state index contributed by atoms with van der Waals surface area (Å²) >= 11 is 0. The summed E-state index contributed by atoms with van der Waals surface area (Å²) in [5, 5.41) is 1.23. The highest BCUT2D eigenvalue weighted by Crippen LogP contribution is 2.45. The van der Waals surface area contributed by atoms with Crippen molar-refractivity contribution in [3.05, 3.63) is 145 Å². The second-order valence-electron chi connectivity index (χ2n) is 9.92. The average molecular weight is 550 g/mol. The maximum Gasteiger partial charge on any atom is 0.136 e. The van der Waals surface area contributed by atoms with Gasteiger partial charge in [0.2, 0.25) is 0 Å². The van der Waals surface area contributed by atoms with Crippen molar-refractivity contribution in [3.63, 3.8) is 0 Å². The summed E-state index contributed by atoms with van der Waals surface area (Å²) in [5.41, 5.74) is 3.00. The van der Waals surface area contributed by atoms with Crippen LogP contribution in [0.5, 0.6) is 0 Å².